The molecule has 378 valence electrons. The number of carbonyl (C=O) groups excluding carboxylic acids is 3. The van der Waals surface area contributed by atoms with Crippen molar-refractivity contribution in [1.82, 2.24) is 0 Å². The summed E-state index contributed by atoms with van der Waals surface area (Å²) in [5.41, 5.74) is 0. The number of rotatable bonds is 51. The first kappa shape index (κ1) is 62.4. The molecular formula is C59H106O6. The minimum Gasteiger partial charge on any atom is -0.462 e. The predicted octanol–water partition coefficient (Wildman–Crippen LogP) is 18.7. The van der Waals surface area contributed by atoms with E-state index in [-0.39, 0.29) is 31.1 Å². The molecule has 0 N–H and O–H groups in total. The van der Waals surface area contributed by atoms with Crippen LogP contribution in [0.5, 0.6) is 0 Å². The molecule has 0 aromatic heterocycles. The quantitative estimate of drug-likeness (QED) is 0.0262. The number of unbranched alkanes of at least 4 members (excludes halogenated alkanes) is 32. The van der Waals surface area contributed by atoms with Gasteiger partial charge in [-0.2, -0.15) is 0 Å². The SMILES string of the molecule is CC/C=C\C/C=C\C/C=C\C/C=C\CCCCC(=O)OC[C@H](COC(=O)CCCCCCCCCCCCCCCCC)OC(=O)CCCCCCCCCCCCCCCCCCC. The number of hydrogen-bond donors (Lipinski definition) is 0. The van der Waals surface area contributed by atoms with Gasteiger partial charge in [-0.05, 0) is 57.8 Å². The molecular weight excluding hydrogens is 805 g/mol. The summed E-state index contributed by atoms with van der Waals surface area (Å²) in [5, 5.41) is 0. The Morgan fingerprint density at radius 2 is 0.600 bits per heavy atom. The van der Waals surface area contributed by atoms with Crippen LogP contribution in [0.1, 0.15) is 290 Å². The summed E-state index contributed by atoms with van der Waals surface area (Å²) in [7, 11) is 0. The largest absolute Gasteiger partial charge is 0.462 e. The number of carbonyl (C=O) groups is 3. The van der Waals surface area contributed by atoms with Crippen LogP contribution in [0.2, 0.25) is 0 Å². The van der Waals surface area contributed by atoms with E-state index in [1.54, 1.807) is 0 Å². The molecule has 0 radical (unpaired) electrons. The van der Waals surface area contributed by atoms with Gasteiger partial charge in [-0.3, -0.25) is 14.4 Å². The summed E-state index contributed by atoms with van der Waals surface area (Å²) in [5.74, 6) is -0.909. The standard InChI is InChI=1S/C59H106O6/c1-4-7-10-13-16-19-22-25-28-29-32-35-38-41-44-47-50-53-59(62)65-56(54-63-57(60)51-48-45-42-39-36-33-30-26-23-20-17-14-11-8-5-2)55-64-58(61)52-49-46-43-40-37-34-31-27-24-21-18-15-12-9-6-3/h8,11,17,20,26,30,36,39,56H,4-7,9-10,12-16,18-19,21-25,27-29,31-35,37-38,40-55H2,1-3H3/b11-8-,20-17-,30-26-,39-36-/t56-/m1/s1. The van der Waals surface area contributed by atoms with E-state index >= 15 is 0 Å². The molecule has 0 aliphatic heterocycles. The van der Waals surface area contributed by atoms with Crippen molar-refractivity contribution in [3.05, 3.63) is 48.6 Å². The highest BCUT2D eigenvalue weighted by Crippen LogP contribution is 2.17. The molecule has 0 aromatic carbocycles. The highest BCUT2D eigenvalue weighted by atomic mass is 16.6. The van der Waals surface area contributed by atoms with E-state index in [1.807, 2.05) is 0 Å². The van der Waals surface area contributed by atoms with Crippen LogP contribution in [0.3, 0.4) is 0 Å². The van der Waals surface area contributed by atoms with Crippen molar-refractivity contribution in [2.24, 2.45) is 0 Å². The Labute approximate surface area is 403 Å². The van der Waals surface area contributed by atoms with Gasteiger partial charge in [0.15, 0.2) is 6.10 Å². The fraction of sp³-hybridized carbons (Fsp3) is 0.814. The molecule has 0 aromatic rings. The first-order chi connectivity index (χ1) is 32.0. The van der Waals surface area contributed by atoms with Crippen LogP contribution in [0.4, 0.5) is 0 Å². The van der Waals surface area contributed by atoms with E-state index in [2.05, 4.69) is 69.4 Å². The molecule has 0 saturated carbocycles. The smallest absolute Gasteiger partial charge is 0.306 e. The summed E-state index contributed by atoms with van der Waals surface area (Å²) in [6, 6.07) is 0. The number of allylic oxidation sites excluding steroid dienone is 8. The fourth-order valence-electron chi connectivity index (χ4n) is 8.14. The molecule has 0 bridgehead atoms. The average Bonchev–Trinajstić information content (AvgIpc) is 3.30. The summed E-state index contributed by atoms with van der Waals surface area (Å²) in [6.45, 7) is 6.53. The highest BCUT2D eigenvalue weighted by molar-refractivity contribution is 5.71. The Balaban J connectivity index is 4.39. The summed E-state index contributed by atoms with van der Waals surface area (Å²) >= 11 is 0. The maximum atomic E-state index is 12.8. The maximum absolute atomic E-state index is 12.8. The van der Waals surface area contributed by atoms with Crippen LogP contribution in [0.15, 0.2) is 48.6 Å². The van der Waals surface area contributed by atoms with Crippen molar-refractivity contribution >= 4 is 17.9 Å². The summed E-state index contributed by atoms with van der Waals surface area (Å²) in [4.78, 5) is 38.1. The molecule has 65 heavy (non-hydrogen) atoms. The van der Waals surface area contributed by atoms with E-state index in [0.717, 1.165) is 83.5 Å². The molecule has 0 unspecified atom stereocenters. The molecule has 0 spiro atoms. The second-order valence-corrected chi connectivity index (χ2v) is 18.8. The fourth-order valence-corrected chi connectivity index (χ4v) is 8.14. The van der Waals surface area contributed by atoms with Gasteiger partial charge in [-0.15, -0.1) is 0 Å². The van der Waals surface area contributed by atoms with Gasteiger partial charge >= 0.3 is 17.9 Å². The average molecular weight is 911 g/mol. The summed E-state index contributed by atoms with van der Waals surface area (Å²) < 4.78 is 16.8. The lowest BCUT2D eigenvalue weighted by Crippen LogP contribution is -2.30. The van der Waals surface area contributed by atoms with E-state index in [4.69, 9.17) is 14.2 Å². The molecule has 0 aliphatic rings. The molecule has 6 heteroatoms. The van der Waals surface area contributed by atoms with Crippen LogP contribution in [-0.2, 0) is 28.6 Å². The van der Waals surface area contributed by atoms with E-state index in [0.29, 0.717) is 19.3 Å². The minimum absolute atomic E-state index is 0.0819. The molecule has 0 aliphatic carbocycles. The van der Waals surface area contributed by atoms with Gasteiger partial charge in [0, 0.05) is 19.3 Å². The lowest BCUT2D eigenvalue weighted by molar-refractivity contribution is -0.167. The van der Waals surface area contributed by atoms with Crippen molar-refractivity contribution in [2.45, 2.75) is 297 Å². The van der Waals surface area contributed by atoms with Gasteiger partial charge in [0.05, 0.1) is 0 Å². The van der Waals surface area contributed by atoms with E-state index < -0.39 is 6.10 Å². The van der Waals surface area contributed by atoms with Crippen molar-refractivity contribution in [1.29, 1.82) is 0 Å². The van der Waals surface area contributed by atoms with Gasteiger partial charge in [-0.1, -0.05) is 262 Å². The third-order valence-corrected chi connectivity index (χ3v) is 12.3. The maximum Gasteiger partial charge on any atom is 0.306 e. The van der Waals surface area contributed by atoms with Crippen molar-refractivity contribution in [3.63, 3.8) is 0 Å². The molecule has 0 fully saturated rings. The van der Waals surface area contributed by atoms with Crippen LogP contribution in [-0.4, -0.2) is 37.2 Å². The zero-order valence-corrected chi connectivity index (χ0v) is 43.3. The zero-order valence-electron chi connectivity index (χ0n) is 43.3. The van der Waals surface area contributed by atoms with E-state index in [9.17, 15) is 14.4 Å². The van der Waals surface area contributed by atoms with Gasteiger partial charge in [0.25, 0.3) is 0 Å². The van der Waals surface area contributed by atoms with Gasteiger partial charge < -0.3 is 14.2 Å². The molecule has 1 atom stereocenters. The lowest BCUT2D eigenvalue weighted by Gasteiger charge is -2.18. The normalized spacial score (nSPS) is 12.4. The van der Waals surface area contributed by atoms with Gasteiger partial charge in [-0.25, -0.2) is 0 Å². The second-order valence-electron chi connectivity index (χ2n) is 18.8. The second kappa shape index (κ2) is 54.0. The molecule has 0 rings (SSSR count). The predicted molar refractivity (Wildman–Crippen MR) is 279 cm³/mol. The molecule has 0 saturated heterocycles. The molecule has 6 nitrogen and oxygen atoms in total. The molecule has 0 heterocycles. The summed E-state index contributed by atoms with van der Waals surface area (Å²) in [6.07, 6.45) is 65.3. The van der Waals surface area contributed by atoms with Crippen LogP contribution in [0, 0.1) is 0 Å². The minimum atomic E-state index is -0.786. The number of esters is 3. The molecule has 0 amide bonds. The van der Waals surface area contributed by atoms with Crippen molar-refractivity contribution in [3.8, 4) is 0 Å². The number of ether oxygens (including phenoxy) is 3. The first-order valence-electron chi connectivity index (χ1n) is 28.1. The van der Waals surface area contributed by atoms with Crippen LogP contribution >= 0.6 is 0 Å². The Morgan fingerprint density at radius 3 is 0.938 bits per heavy atom. The van der Waals surface area contributed by atoms with Crippen molar-refractivity contribution in [2.75, 3.05) is 13.2 Å². The monoisotopic (exact) mass is 911 g/mol. The van der Waals surface area contributed by atoms with Crippen LogP contribution in [0.25, 0.3) is 0 Å². The van der Waals surface area contributed by atoms with Crippen molar-refractivity contribution < 1.29 is 28.6 Å². The highest BCUT2D eigenvalue weighted by Gasteiger charge is 2.19. The van der Waals surface area contributed by atoms with Gasteiger partial charge in [0.2, 0.25) is 0 Å². The Morgan fingerprint density at radius 1 is 0.323 bits per heavy atom. The first-order valence-corrected chi connectivity index (χ1v) is 28.1. The van der Waals surface area contributed by atoms with Gasteiger partial charge in [0.1, 0.15) is 13.2 Å². The van der Waals surface area contributed by atoms with E-state index in [1.165, 1.54) is 167 Å². The zero-order chi connectivity index (χ0) is 47.2. The number of hydrogen-bond acceptors (Lipinski definition) is 6. The van der Waals surface area contributed by atoms with Crippen LogP contribution < -0.4 is 0 Å². The Kier molecular flexibility index (Phi) is 51.8. The Hall–Kier alpha value is -2.63. The third-order valence-electron chi connectivity index (χ3n) is 12.3. The Bertz CT molecular complexity index is 1140. The topological polar surface area (TPSA) is 78.9 Å². The third kappa shape index (κ3) is 52.2. The lowest BCUT2D eigenvalue weighted by atomic mass is 10.0.